The molecule has 17 heavy (non-hydrogen) atoms. The molecule has 3 rings (SSSR count). The fourth-order valence-corrected chi connectivity index (χ4v) is 2.35. The molecule has 2 aromatic rings. The maximum Gasteiger partial charge on any atom is 0.378 e. The van der Waals surface area contributed by atoms with Crippen molar-refractivity contribution in [1.29, 1.82) is 0 Å². The van der Waals surface area contributed by atoms with Gasteiger partial charge in [-0.2, -0.15) is 9.97 Å². The van der Waals surface area contributed by atoms with Crippen LogP contribution in [0.25, 0.3) is 5.78 Å². The second-order valence-electron chi connectivity index (χ2n) is 3.82. The molecule has 0 fully saturated rings. The molecule has 0 unspecified atom stereocenters. The van der Waals surface area contributed by atoms with Crippen molar-refractivity contribution in [3.8, 4) is 0 Å². The summed E-state index contributed by atoms with van der Waals surface area (Å²) in [6, 6.07) is 0. The highest BCUT2D eigenvalue weighted by atomic mass is 35.5. The van der Waals surface area contributed by atoms with Gasteiger partial charge in [-0.1, -0.05) is 11.6 Å². The summed E-state index contributed by atoms with van der Waals surface area (Å²) in [6.45, 7) is 0. The van der Waals surface area contributed by atoms with Gasteiger partial charge in [0.2, 0.25) is 0 Å². The van der Waals surface area contributed by atoms with Crippen molar-refractivity contribution in [3.63, 3.8) is 0 Å². The molecular weight excluding hydrogens is 244 g/mol. The van der Waals surface area contributed by atoms with Gasteiger partial charge in [0.15, 0.2) is 0 Å². The predicted molar refractivity (Wildman–Crippen MR) is 59.2 cm³/mol. The summed E-state index contributed by atoms with van der Waals surface area (Å²) in [4.78, 5) is 19.5. The lowest BCUT2D eigenvalue weighted by Gasteiger charge is -2.02. The number of ether oxygens (including phenoxy) is 1. The van der Waals surface area contributed by atoms with Crippen LogP contribution in [0.15, 0.2) is 0 Å². The fourth-order valence-electron chi connectivity index (χ4n) is 2.07. The minimum Gasteiger partial charge on any atom is -0.463 e. The van der Waals surface area contributed by atoms with Crippen LogP contribution in [0.5, 0.6) is 0 Å². The first-order valence-corrected chi connectivity index (χ1v) is 5.61. The first-order valence-electron chi connectivity index (χ1n) is 5.23. The zero-order valence-corrected chi connectivity index (χ0v) is 9.86. The molecule has 0 N–H and O–H groups in total. The third kappa shape index (κ3) is 1.48. The molecular formula is C10H9ClN4O2. The maximum atomic E-state index is 11.3. The Bertz CT molecular complexity index is 622. The highest BCUT2D eigenvalue weighted by Gasteiger charge is 2.23. The third-order valence-electron chi connectivity index (χ3n) is 2.85. The van der Waals surface area contributed by atoms with Gasteiger partial charge in [0.05, 0.1) is 12.8 Å². The average molecular weight is 253 g/mol. The van der Waals surface area contributed by atoms with Gasteiger partial charge in [-0.3, -0.25) is 0 Å². The van der Waals surface area contributed by atoms with E-state index in [-0.39, 0.29) is 5.82 Å². The third-order valence-corrected chi connectivity index (χ3v) is 3.16. The smallest absolute Gasteiger partial charge is 0.378 e. The number of aromatic nitrogens is 4. The van der Waals surface area contributed by atoms with Gasteiger partial charge in [-0.05, 0) is 19.3 Å². The Morgan fingerprint density at radius 3 is 3.00 bits per heavy atom. The van der Waals surface area contributed by atoms with Gasteiger partial charge in [0.1, 0.15) is 5.15 Å². The zero-order chi connectivity index (χ0) is 12.0. The van der Waals surface area contributed by atoms with Crippen LogP contribution < -0.4 is 0 Å². The summed E-state index contributed by atoms with van der Waals surface area (Å²) < 4.78 is 6.16. The van der Waals surface area contributed by atoms with E-state index in [1.807, 2.05) is 0 Å². The van der Waals surface area contributed by atoms with Gasteiger partial charge in [-0.15, -0.1) is 5.10 Å². The molecule has 2 aromatic heterocycles. The topological polar surface area (TPSA) is 69.4 Å². The molecule has 2 heterocycles. The standard InChI is InChI=1S/C10H9ClN4O2/c1-17-9(16)8-13-10-12-7(11)5-3-2-4-6(5)15(10)14-8/h2-4H2,1H3. The molecule has 0 radical (unpaired) electrons. The van der Waals surface area contributed by atoms with Gasteiger partial charge >= 0.3 is 5.97 Å². The van der Waals surface area contributed by atoms with Crippen LogP contribution in [0.3, 0.4) is 0 Å². The molecule has 7 heteroatoms. The van der Waals surface area contributed by atoms with Crippen molar-refractivity contribution in [2.24, 2.45) is 0 Å². The zero-order valence-electron chi connectivity index (χ0n) is 9.10. The molecule has 0 aliphatic heterocycles. The van der Waals surface area contributed by atoms with Crippen LogP contribution in [0.1, 0.15) is 28.3 Å². The number of esters is 1. The summed E-state index contributed by atoms with van der Waals surface area (Å²) >= 11 is 6.06. The number of carbonyl (C=O) groups excluding carboxylic acids is 1. The molecule has 0 bridgehead atoms. The normalized spacial score (nSPS) is 14.0. The Morgan fingerprint density at radius 2 is 2.24 bits per heavy atom. The number of methoxy groups -OCH3 is 1. The molecule has 0 atom stereocenters. The van der Waals surface area contributed by atoms with E-state index in [0.717, 1.165) is 30.5 Å². The van der Waals surface area contributed by atoms with E-state index in [0.29, 0.717) is 10.9 Å². The highest BCUT2D eigenvalue weighted by molar-refractivity contribution is 6.30. The van der Waals surface area contributed by atoms with Crippen molar-refractivity contribution in [3.05, 3.63) is 22.2 Å². The molecule has 0 aromatic carbocycles. The first kappa shape index (κ1) is 10.5. The van der Waals surface area contributed by atoms with Crippen LogP contribution in [0, 0.1) is 0 Å². The Morgan fingerprint density at radius 1 is 1.41 bits per heavy atom. The molecule has 0 saturated carbocycles. The van der Waals surface area contributed by atoms with E-state index < -0.39 is 5.97 Å². The Balaban J connectivity index is 2.26. The maximum absolute atomic E-state index is 11.3. The minimum atomic E-state index is -0.571. The Kier molecular flexibility index (Phi) is 2.25. The number of halogens is 1. The molecule has 0 amide bonds. The number of carbonyl (C=O) groups is 1. The fraction of sp³-hybridized carbons (Fsp3) is 0.400. The number of fused-ring (bicyclic) bond motifs is 3. The summed E-state index contributed by atoms with van der Waals surface area (Å²) in [5.74, 6) is -0.217. The van der Waals surface area contributed by atoms with Crippen molar-refractivity contribution in [1.82, 2.24) is 19.6 Å². The van der Waals surface area contributed by atoms with Gasteiger partial charge in [0.25, 0.3) is 11.6 Å². The van der Waals surface area contributed by atoms with E-state index in [1.165, 1.54) is 7.11 Å². The monoisotopic (exact) mass is 252 g/mol. The molecule has 1 aliphatic rings. The summed E-state index contributed by atoms with van der Waals surface area (Å²) in [6.07, 6.45) is 2.78. The van der Waals surface area contributed by atoms with E-state index in [4.69, 9.17) is 11.6 Å². The van der Waals surface area contributed by atoms with Crippen LogP contribution in [0.2, 0.25) is 5.15 Å². The van der Waals surface area contributed by atoms with Gasteiger partial charge < -0.3 is 4.74 Å². The summed E-state index contributed by atoms with van der Waals surface area (Å²) in [7, 11) is 1.29. The lowest BCUT2D eigenvalue weighted by molar-refractivity contribution is 0.0587. The Labute approximate surface area is 102 Å². The lowest BCUT2D eigenvalue weighted by atomic mass is 10.3. The van der Waals surface area contributed by atoms with E-state index in [1.54, 1.807) is 4.52 Å². The Hall–Kier alpha value is -1.69. The lowest BCUT2D eigenvalue weighted by Crippen LogP contribution is -2.05. The van der Waals surface area contributed by atoms with Crippen molar-refractivity contribution in [2.45, 2.75) is 19.3 Å². The van der Waals surface area contributed by atoms with Crippen LogP contribution in [-0.2, 0) is 17.6 Å². The summed E-state index contributed by atoms with van der Waals surface area (Å²) in [5, 5.41) is 4.56. The minimum absolute atomic E-state index is 0.0105. The number of aryl methyl sites for hydroxylation is 1. The quantitative estimate of drug-likeness (QED) is 0.561. The van der Waals surface area contributed by atoms with Gasteiger partial charge in [0, 0.05) is 5.56 Å². The van der Waals surface area contributed by atoms with Crippen molar-refractivity contribution in [2.75, 3.05) is 7.11 Å². The van der Waals surface area contributed by atoms with E-state index in [9.17, 15) is 4.79 Å². The largest absolute Gasteiger partial charge is 0.463 e. The summed E-state index contributed by atoms with van der Waals surface area (Å²) in [5.41, 5.74) is 1.99. The molecule has 0 saturated heterocycles. The van der Waals surface area contributed by atoms with Crippen LogP contribution >= 0.6 is 11.6 Å². The molecule has 88 valence electrons. The second-order valence-corrected chi connectivity index (χ2v) is 4.18. The number of hydrogen-bond acceptors (Lipinski definition) is 5. The van der Waals surface area contributed by atoms with Gasteiger partial charge in [-0.25, -0.2) is 9.31 Å². The number of nitrogens with zero attached hydrogens (tertiary/aromatic N) is 4. The molecule has 0 spiro atoms. The number of rotatable bonds is 1. The molecule has 6 nitrogen and oxygen atoms in total. The van der Waals surface area contributed by atoms with Crippen LogP contribution in [-0.4, -0.2) is 32.7 Å². The average Bonchev–Trinajstić information content (AvgIpc) is 2.92. The molecule has 1 aliphatic carbocycles. The number of hydrogen-bond donors (Lipinski definition) is 0. The van der Waals surface area contributed by atoms with E-state index in [2.05, 4.69) is 19.8 Å². The first-order chi connectivity index (χ1) is 8.20. The van der Waals surface area contributed by atoms with E-state index >= 15 is 0 Å². The van der Waals surface area contributed by atoms with Crippen molar-refractivity contribution >= 4 is 23.3 Å². The predicted octanol–water partition coefficient (Wildman–Crippen LogP) is 1.05. The highest BCUT2D eigenvalue weighted by Crippen LogP contribution is 2.27. The van der Waals surface area contributed by atoms with Crippen LogP contribution in [0.4, 0.5) is 0 Å². The SMILES string of the molecule is COC(=O)c1nc2nc(Cl)c3c(n2n1)CCC3. The van der Waals surface area contributed by atoms with Crippen molar-refractivity contribution < 1.29 is 9.53 Å². The second kappa shape index (κ2) is 3.66.